The van der Waals surface area contributed by atoms with E-state index in [4.69, 9.17) is 0 Å². The molecule has 0 saturated heterocycles. The first kappa shape index (κ1) is 17.1. The van der Waals surface area contributed by atoms with E-state index in [2.05, 4.69) is 26.9 Å². The van der Waals surface area contributed by atoms with Crippen LogP contribution in [0.25, 0.3) is 0 Å². The van der Waals surface area contributed by atoms with Crippen LogP contribution in [0.4, 0.5) is 0 Å². The molecule has 0 radical (unpaired) electrons. The SMILES string of the molecule is CCCCCC(O)[Si](C)(C)C(O)CCCCC. The lowest BCUT2D eigenvalue weighted by Gasteiger charge is -2.33. The molecule has 0 fully saturated rings. The van der Waals surface area contributed by atoms with Gasteiger partial charge >= 0.3 is 0 Å². The first-order chi connectivity index (χ1) is 7.96. The molecular weight excluding hydrogens is 228 g/mol. The van der Waals surface area contributed by atoms with Gasteiger partial charge in [0.05, 0.1) is 0 Å². The van der Waals surface area contributed by atoms with Crippen LogP contribution in [0.3, 0.4) is 0 Å². The molecule has 0 amide bonds. The standard InChI is InChI=1S/C14H32O2Si/c1-5-7-9-11-13(15)17(3,4)14(16)12-10-8-6-2/h13-16H,5-12H2,1-4H3. The zero-order valence-corrected chi connectivity index (χ0v) is 13.2. The highest BCUT2D eigenvalue weighted by Gasteiger charge is 2.36. The fourth-order valence-corrected chi connectivity index (χ4v) is 4.48. The van der Waals surface area contributed by atoms with Crippen LogP contribution in [0.5, 0.6) is 0 Å². The monoisotopic (exact) mass is 260 g/mol. The second kappa shape index (κ2) is 9.12. The summed E-state index contributed by atoms with van der Waals surface area (Å²) in [6, 6.07) is 0. The Kier molecular flexibility index (Phi) is 9.19. The molecule has 104 valence electrons. The van der Waals surface area contributed by atoms with Crippen molar-refractivity contribution in [2.24, 2.45) is 0 Å². The second-order valence-electron chi connectivity index (χ2n) is 5.84. The van der Waals surface area contributed by atoms with Gasteiger partial charge in [-0.2, -0.15) is 0 Å². The molecule has 0 heterocycles. The highest BCUT2D eigenvalue weighted by Crippen LogP contribution is 2.22. The normalized spacial score (nSPS) is 15.9. The van der Waals surface area contributed by atoms with Gasteiger partial charge in [0, 0.05) is 11.5 Å². The molecule has 0 spiro atoms. The first-order valence-electron chi connectivity index (χ1n) is 7.32. The molecule has 2 atom stereocenters. The molecule has 3 heteroatoms. The number of aliphatic hydroxyl groups excluding tert-OH is 2. The smallest absolute Gasteiger partial charge is 0.114 e. The van der Waals surface area contributed by atoms with Crippen molar-refractivity contribution in [1.82, 2.24) is 0 Å². The summed E-state index contributed by atoms with van der Waals surface area (Å²) < 4.78 is 0. The number of rotatable bonds is 10. The maximum absolute atomic E-state index is 10.2. The Morgan fingerprint density at radius 1 is 0.765 bits per heavy atom. The summed E-state index contributed by atoms with van der Waals surface area (Å²) in [6.45, 7) is 8.60. The second-order valence-corrected chi connectivity index (χ2v) is 10.8. The zero-order chi connectivity index (χ0) is 13.3. The van der Waals surface area contributed by atoms with Gasteiger partial charge in [-0.1, -0.05) is 65.5 Å². The zero-order valence-electron chi connectivity index (χ0n) is 12.2. The van der Waals surface area contributed by atoms with Gasteiger partial charge in [0.2, 0.25) is 0 Å². The van der Waals surface area contributed by atoms with Crippen LogP contribution < -0.4 is 0 Å². The minimum absolute atomic E-state index is 0.245. The largest absolute Gasteiger partial charge is 0.396 e. The topological polar surface area (TPSA) is 40.5 Å². The lowest BCUT2D eigenvalue weighted by atomic mass is 10.2. The molecule has 17 heavy (non-hydrogen) atoms. The van der Waals surface area contributed by atoms with Crippen LogP contribution in [-0.4, -0.2) is 29.7 Å². The van der Waals surface area contributed by atoms with Gasteiger partial charge in [0.25, 0.3) is 0 Å². The van der Waals surface area contributed by atoms with Crippen LogP contribution in [0, 0.1) is 0 Å². The third-order valence-corrected chi connectivity index (χ3v) is 7.89. The molecule has 0 aromatic rings. The van der Waals surface area contributed by atoms with E-state index in [0.29, 0.717) is 0 Å². The summed E-state index contributed by atoms with van der Waals surface area (Å²) in [6.07, 6.45) is 8.68. The molecule has 2 unspecified atom stereocenters. The van der Waals surface area contributed by atoms with E-state index in [-0.39, 0.29) is 11.5 Å². The van der Waals surface area contributed by atoms with E-state index >= 15 is 0 Å². The number of hydrogen-bond acceptors (Lipinski definition) is 2. The van der Waals surface area contributed by atoms with Crippen molar-refractivity contribution in [2.75, 3.05) is 0 Å². The molecule has 0 rings (SSSR count). The summed E-state index contributed by atoms with van der Waals surface area (Å²) in [5.74, 6) is 0. The van der Waals surface area contributed by atoms with Crippen LogP contribution in [-0.2, 0) is 0 Å². The Balaban J connectivity index is 4.03. The van der Waals surface area contributed by atoms with E-state index in [1.807, 2.05) is 0 Å². The highest BCUT2D eigenvalue weighted by molar-refractivity contribution is 6.79. The van der Waals surface area contributed by atoms with E-state index in [0.717, 1.165) is 25.7 Å². The van der Waals surface area contributed by atoms with Crippen molar-refractivity contribution >= 4 is 8.07 Å². The minimum atomic E-state index is -1.90. The van der Waals surface area contributed by atoms with Crippen LogP contribution in [0.2, 0.25) is 13.1 Å². The third kappa shape index (κ3) is 6.58. The van der Waals surface area contributed by atoms with Crippen LogP contribution in [0.15, 0.2) is 0 Å². The van der Waals surface area contributed by atoms with Crippen molar-refractivity contribution in [2.45, 2.75) is 89.8 Å². The molecule has 0 aromatic carbocycles. The molecule has 0 aliphatic carbocycles. The van der Waals surface area contributed by atoms with Gasteiger partial charge in [-0.25, -0.2) is 0 Å². The van der Waals surface area contributed by atoms with Gasteiger partial charge < -0.3 is 10.2 Å². The fourth-order valence-electron chi connectivity index (χ4n) is 2.14. The highest BCUT2D eigenvalue weighted by atomic mass is 28.3. The molecule has 2 N–H and O–H groups in total. The van der Waals surface area contributed by atoms with Gasteiger partial charge in [0.1, 0.15) is 8.07 Å². The van der Waals surface area contributed by atoms with E-state index in [1.165, 1.54) is 25.7 Å². The predicted molar refractivity (Wildman–Crippen MR) is 77.8 cm³/mol. The molecule has 0 aliphatic rings. The van der Waals surface area contributed by atoms with E-state index in [1.54, 1.807) is 0 Å². The Morgan fingerprint density at radius 2 is 1.12 bits per heavy atom. The average Bonchev–Trinajstić information content (AvgIpc) is 2.29. The van der Waals surface area contributed by atoms with Crippen LogP contribution in [0.1, 0.15) is 65.2 Å². The number of hydrogen-bond donors (Lipinski definition) is 2. The van der Waals surface area contributed by atoms with Gasteiger partial charge in [-0.05, 0) is 12.8 Å². The average molecular weight is 260 g/mol. The van der Waals surface area contributed by atoms with E-state index in [9.17, 15) is 10.2 Å². The first-order valence-corrected chi connectivity index (χ1v) is 10.5. The van der Waals surface area contributed by atoms with Gasteiger partial charge in [-0.15, -0.1) is 0 Å². The summed E-state index contributed by atoms with van der Waals surface area (Å²) >= 11 is 0. The molecule has 0 aliphatic heterocycles. The summed E-state index contributed by atoms with van der Waals surface area (Å²) in [5, 5.41) is 20.5. The summed E-state index contributed by atoms with van der Waals surface area (Å²) in [5.41, 5.74) is -0.489. The molecular formula is C14H32O2Si. The fraction of sp³-hybridized carbons (Fsp3) is 1.00. The molecule has 0 saturated carbocycles. The predicted octanol–water partition coefficient (Wildman–Crippen LogP) is 3.66. The third-order valence-electron chi connectivity index (χ3n) is 3.88. The number of unbranched alkanes of at least 4 members (excludes halogenated alkanes) is 4. The summed E-state index contributed by atoms with van der Waals surface area (Å²) in [4.78, 5) is 0. The summed E-state index contributed by atoms with van der Waals surface area (Å²) in [7, 11) is -1.90. The van der Waals surface area contributed by atoms with Crippen molar-refractivity contribution < 1.29 is 10.2 Å². The Bertz CT molecular complexity index is 165. The Labute approximate surface area is 108 Å². The minimum Gasteiger partial charge on any atom is -0.396 e. The van der Waals surface area contributed by atoms with Crippen LogP contribution >= 0.6 is 0 Å². The Hall–Kier alpha value is 0.137. The lowest BCUT2D eigenvalue weighted by Crippen LogP contribution is -2.52. The van der Waals surface area contributed by atoms with Crippen molar-refractivity contribution in [3.8, 4) is 0 Å². The van der Waals surface area contributed by atoms with Crippen molar-refractivity contribution in [3.05, 3.63) is 0 Å². The van der Waals surface area contributed by atoms with Gasteiger partial charge in [-0.3, -0.25) is 0 Å². The van der Waals surface area contributed by atoms with Crippen molar-refractivity contribution in [1.29, 1.82) is 0 Å². The van der Waals surface area contributed by atoms with E-state index < -0.39 is 8.07 Å². The van der Waals surface area contributed by atoms with Gasteiger partial charge in [0.15, 0.2) is 0 Å². The lowest BCUT2D eigenvalue weighted by molar-refractivity contribution is 0.183. The molecule has 2 nitrogen and oxygen atoms in total. The molecule has 0 bridgehead atoms. The Morgan fingerprint density at radius 3 is 1.41 bits per heavy atom. The quantitative estimate of drug-likeness (QED) is 0.465. The maximum atomic E-state index is 10.2. The number of aliphatic hydroxyl groups is 2. The maximum Gasteiger partial charge on any atom is 0.114 e. The molecule has 0 aromatic heterocycles. The van der Waals surface area contributed by atoms with Crippen molar-refractivity contribution in [3.63, 3.8) is 0 Å².